The molecule has 0 amide bonds. The smallest absolute Gasteiger partial charge is 0.145 e. The minimum absolute atomic E-state index is 0.0664. The first-order valence-electron chi connectivity index (χ1n) is 4.84. The number of hydrogen-bond donors (Lipinski definition) is 0. The lowest BCUT2D eigenvalue weighted by Gasteiger charge is -2.07. The van der Waals surface area contributed by atoms with Gasteiger partial charge in [0.1, 0.15) is 23.3 Å². The van der Waals surface area contributed by atoms with Gasteiger partial charge in [-0.25, -0.2) is 9.37 Å². The van der Waals surface area contributed by atoms with Gasteiger partial charge in [-0.15, -0.1) is 0 Å². The fourth-order valence-electron chi connectivity index (χ4n) is 1.25. The first-order chi connectivity index (χ1) is 8.16. The molecule has 0 fully saturated rings. The van der Waals surface area contributed by atoms with Gasteiger partial charge in [0.15, 0.2) is 0 Å². The Bertz CT molecular complexity index is 534. The molecule has 0 N–H and O–H groups in total. The molecule has 1 aromatic carbocycles. The van der Waals surface area contributed by atoms with Gasteiger partial charge in [0.25, 0.3) is 0 Å². The van der Waals surface area contributed by atoms with Crippen molar-refractivity contribution in [1.29, 1.82) is 0 Å². The number of hydrogen-bond acceptors (Lipinski definition) is 2. The molecule has 17 heavy (non-hydrogen) atoms. The number of rotatable bonds is 3. The third-order valence-electron chi connectivity index (χ3n) is 2.12. The van der Waals surface area contributed by atoms with Gasteiger partial charge < -0.3 is 4.74 Å². The van der Waals surface area contributed by atoms with Crippen molar-refractivity contribution in [3.63, 3.8) is 0 Å². The van der Waals surface area contributed by atoms with Crippen molar-refractivity contribution in [2.45, 2.75) is 6.61 Å². The van der Waals surface area contributed by atoms with Crippen LogP contribution in [0.5, 0.6) is 5.75 Å². The van der Waals surface area contributed by atoms with Crippen molar-refractivity contribution in [3.8, 4) is 5.75 Å². The zero-order chi connectivity index (χ0) is 12.3. The Morgan fingerprint density at radius 3 is 2.76 bits per heavy atom. The van der Waals surface area contributed by atoms with Gasteiger partial charge in [0.2, 0.25) is 0 Å². The van der Waals surface area contributed by atoms with Crippen LogP contribution >= 0.6 is 23.2 Å². The molecule has 0 aliphatic carbocycles. The highest BCUT2D eigenvalue weighted by atomic mass is 35.5. The third kappa shape index (κ3) is 3.08. The van der Waals surface area contributed by atoms with E-state index in [1.54, 1.807) is 24.4 Å². The average molecular weight is 272 g/mol. The number of halogens is 3. The van der Waals surface area contributed by atoms with Gasteiger partial charge in [-0.1, -0.05) is 29.3 Å². The number of benzene rings is 1. The molecule has 2 nitrogen and oxygen atoms in total. The lowest BCUT2D eigenvalue weighted by molar-refractivity contribution is 0.304. The van der Waals surface area contributed by atoms with Crippen LogP contribution in [0.1, 0.15) is 5.56 Å². The van der Waals surface area contributed by atoms with E-state index in [2.05, 4.69) is 4.98 Å². The quantitative estimate of drug-likeness (QED) is 0.784. The molecule has 0 saturated carbocycles. The van der Waals surface area contributed by atoms with E-state index < -0.39 is 5.82 Å². The van der Waals surface area contributed by atoms with Gasteiger partial charge in [0.05, 0.1) is 5.02 Å². The van der Waals surface area contributed by atoms with Gasteiger partial charge >= 0.3 is 0 Å². The highest BCUT2D eigenvalue weighted by Crippen LogP contribution is 2.22. The fraction of sp³-hybridized carbons (Fsp3) is 0.0833. The summed E-state index contributed by atoms with van der Waals surface area (Å²) in [5.41, 5.74) is 0.740. The molecule has 0 spiro atoms. The van der Waals surface area contributed by atoms with E-state index in [-0.39, 0.29) is 11.6 Å². The van der Waals surface area contributed by atoms with Crippen LogP contribution < -0.4 is 4.74 Å². The Labute approximate surface area is 108 Å². The fourth-order valence-corrected chi connectivity index (χ4v) is 1.55. The summed E-state index contributed by atoms with van der Waals surface area (Å²) in [7, 11) is 0. The van der Waals surface area contributed by atoms with Crippen molar-refractivity contribution in [2.75, 3.05) is 0 Å². The first-order valence-corrected chi connectivity index (χ1v) is 5.59. The molecule has 0 aliphatic rings. The highest BCUT2D eigenvalue weighted by Gasteiger charge is 2.04. The Kier molecular flexibility index (Phi) is 3.82. The molecule has 0 radical (unpaired) electrons. The summed E-state index contributed by atoms with van der Waals surface area (Å²) in [5.74, 6) is -0.117. The lowest BCUT2D eigenvalue weighted by Crippen LogP contribution is -1.97. The summed E-state index contributed by atoms with van der Waals surface area (Å²) in [6, 6.07) is 7.81. The molecule has 0 bridgehead atoms. The summed E-state index contributed by atoms with van der Waals surface area (Å²) >= 11 is 11.4. The van der Waals surface area contributed by atoms with Gasteiger partial charge in [-0.3, -0.25) is 0 Å². The minimum Gasteiger partial charge on any atom is -0.489 e. The van der Waals surface area contributed by atoms with Crippen LogP contribution in [0.25, 0.3) is 0 Å². The second-order valence-electron chi connectivity index (χ2n) is 3.32. The van der Waals surface area contributed by atoms with Crippen molar-refractivity contribution in [2.24, 2.45) is 0 Å². The monoisotopic (exact) mass is 271 g/mol. The van der Waals surface area contributed by atoms with Crippen LogP contribution in [0.4, 0.5) is 4.39 Å². The van der Waals surface area contributed by atoms with E-state index in [4.69, 9.17) is 27.9 Å². The van der Waals surface area contributed by atoms with E-state index in [1.807, 2.05) is 0 Å². The Balaban J connectivity index is 2.08. The molecule has 1 heterocycles. The summed E-state index contributed by atoms with van der Waals surface area (Å²) in [5, 5.41) is 0.443. The number of nitrogens with zero attached hydrogens (tertiary/aromatic N) is 1. The van der Waals surface area contributed by atoms with E-state index in [0.29, 0.717) is 10.9 Å². The Morgan fingerprint density at radius 1 is 1.24 bits per heavy atom. The minimum atomic E-state index is -0.513. The van der Waals surface area contributed by atoms with Crippen molar-refractivity contribution in [3.05, 3.63) is 58.1 Å². The molecule has 0 aliphatic heterocycles. The maximum atomic E-state index is 13.1. The molecule has 2 aromatic rings. The zero-order valence-corrected chi connectivity index (χ0v) is 10.2. The second kappa shape index (κ2) is 5.34. The summed E-state index contributed by atoms with van der Waals surface area (Å²) in [6.07, 6.45) is 1.59. The third-order valence-corrected chi connectivity index (χ3v) is 2.77. The summed E-state index contributed by atoms with van der Waals surface area (Å²) in [6.45, 7) is 0.230. The molecule has 1 aromatic heterocycles. The second-order valence-corrected chi connectivity index (χ2v) is 4.08. The van der Waals surface area contributed by atoms with Crippen LogP contribution in [-0.2, 0) is 6.61 Å². The molecule has 88 valence electrons. The molecule has 2 rings (SSSR count). The molecular formula is C12H8Cl2FNO. The van der Waals surface area contributed by atoms with Crippen LogP contribution in [0.15, 0.2) is 36.5 Å². The lowest BCUT2D eigenvalue weighted by atomic mass is 10.3. The maximum Gasteiger partial charge on any atom is 0.145 e. The highest BCUT2D eigenvalue weighted by molar-refractivity contribution is 6.30. The van der Waals surface area contributed by atoms with Crippen molar-refractivity contribution in [1.82, 2.24) is 4.98 Å². The molecule has 0 unspecified atom stereocenters. The number of pyridine rings is 1. The molecule has 0 atom stereocenters. The average Bonchev–Trinajstić information content (AvgIpc) is 2.32. The predicted octanol–water partition coefficient (Wildman–Crippen LogP) is 4.11. The number of ether oxygens (including phenoxy) is 1. The summed E-state index contributed by atoms with van der Waals surface area (Å²) < 4.78 is 18.5. The predicted molar refractivity (Wildman–Crippen MR) is 65.0 cm³/mol. The Hall–Kier alpha value is -1.32. The van der Waals surface area contributed by atoms with Crippen LogP contribution in [0.3, 0.4) is 0 Å². The normalized spacial score (nSPS) is 10.3. The Morgan fingerprint density at radius 2 is 2.06 bits per heavy atom. The summed E-state index contributed by atoms with van der Waals surface area (Å²) in [4.78, 5) is 3.91. The van der Waals surface area contributed by atoms with E-state index in [1.165, 1.54) is 12.1 Å². The van der Waals surface area contributed by atoms with Crippen LogP contribution in [-0.4, -0.2) is 4.98 Å². The van der Waals surface area contributed by atoms with E-state index in [9.17, 15) is 4.39 Å². The maximum absolute atomic E-state index is 13.1. The molecule has 0 saturated heterocycles. The van der Waals surface area contributed by atoms with Crippen molar-refractivity contribution >= 4 is 23.2 Å². The topological polar surface area (TPSA) is 22.1 Å². The molecule has 5 heteroatoms. The van der Waals surface area contributed by atoms with Crippen molar-refractivity contribution < 1.29 is 9.13 Å². The largest absolute Gasteiger partial charge is 0.489 e. The molecular weight excluding hydrogens is 264 g/mol. The first kappa shape index (κ1) is 12.1. The van der Waals surface area contributed by atoms with E-state index in [0.717, 1.165) is 5.56 Å². The number of aromatic nitrogens is 1. The standard InChI is InChI=1S/C12H8Cl2FNO/c13-10-4-3-9(6-11(10)15)17-7-8-2-1-5-16-12(8)14/h1-6H,7H2. The SMILES string of the molecule is Fc1cc(OCc2cccnc2Cl)ccc1Cl. The van der Waals surface area contributed by atoms with Crippen LogP contribution in [0, 0.1) is 5.82 Å². The van der Waals surface area contributed by atoms with Gasteiger partial charge in [-0.05, 0) is 18.2 Å². The van der Waals surface area contributed by atoms with Gasteiger partial charge in [-0.2, -0.15) is 0 Å². The zero-order valence-electron chi connectivity index (χ0n) is 8.66. The van der Waals surface area contributed by atoms with E-state index >= 15 is 0 Å². The van der Waals surface area contributed by atoms with Gasteiger partial charge in [0, 0.05) is 17.8 Å². The van der Waals surface area contributed by atoms with Crippen LogP contribution in [0.2, 0.25) is 10.2 Å².